The van der Waals surface area contributed by atoms with Crippen LogP contribution in [0.2, 0.25) is 0 Å². The molecule has 0 unspecified atom stereocenters. The zero-order chi connectivity index (χ0) is 9.26. The molecule has 0 radical (unpaired) electrons. The predicted octanol–water partition coefficient (Wildman–Crippen LogP) is 1.35. The molecule has 2 N–H and O–H groups in total. The molecule has 0 aromatic heterocycles. The average molecular weight is 181 g/mol. The minimum absolute atomic E-state index is 0.232. The monoisotopic (exact) mass is 181 g/mol. The third-order valence-electron chi connectivity index (χ3n) is 2.47. The van der Waals surface area contributed by atoms with Crippen molar-refractivity contribution in [1.82, 2.24) is 5.32 Å². The number of benzene rings is 1. The molecular weight excluding hydrogens is 169 g/mol. The van der Waals surface area contributed by atoms with Gasteiger partial charge in [-0.15, -0.1) is 0 Å². The fourth-order valence-corrected chi connectivity index (χ4v) is 1.48. The standard InChI is InChI=1S/C10H12FNO/c11-9-5-7(10-3-4-12-10)1-2-8(9)6-13/h1-2,5,10,12-13H,3-4,6H2/t10-/m1/s1. The molecule has 1 aliphatic rings. The lowest BCUT2D eigenvalue weighted by molar-refractivity contribution is 0.275. The van der Waals surface area contributed by atoms with Crippen molar-refractivity contribution < 1.29 is 9.50 Å². The smallest absolute Gasteiger partial charge is 0.129 e. The van der Waals surface area contributed by atoms with Gasteiger partial charge in [-0.3, -0.25) is 0 Å². The summed E-state index contributed by atoms with van der Waals surface area (Å²) in [4.78, 5) is 0. The number of hydrogen-bond donors (Lipinski definition) is 2. The number of hydrogen-bond acceptors (Lipinski definition) is 2. The van der Waals surface area contributed by atoms with Crippen LogP contribution in [0.3, 0.4) is 0 Å². The number of aliphatic hydroxyl groups excluding tert-OH is 1. The second-order valence-electron chi connectivity index (χ2n) is 3.30. The van der Waals surface area contributed by atoms with Crippen molar-refractivity contribution in [2.75, 3.05) is 6.54 Å². The molecule has 13 heavy (non-hydrogen) atoms. The number of rotatable bonds is 2. The molecule has 0 aliphatic carbocycles. The third kappa shape index (κ3) is 1.57. The lowest BCUT2D eigenvalue weighted by Gasteiger charge is -2.28. The molecular formula is C10H12FNO. The molecule has 0 bridgehead atoms. The van der Waals surface area contributed by atoms with E-state index in [2.05, 4.69) is 5.32 Å². The van der Waals surface area contributed by atoms with Crippen LogP contribution < -0.4 is 5.32 Å². The van der Waals surface area contributed by atoms with Gasteiger partial charge in [-0.05, 0) is 24.6 Å². The van der Waals surface area contributed by atoms with Gasteiger partial charge >= 0.3 is 0 Å². The van der Waals surface area contributed by atoms with E-state index in [-0.39, 0.29) is 12.4 Å². The first-order valence-corrected chi connectivity index (χ1v) is 4.44. The van der Waals surface area contributed by atoms with Crippen molar-refractivity contribution in [2.24, 2.45) is 0 Å². The van der Waals surface area contributed by atoms with Gasteiger partial charge in [0, 0.05) is 11.6 Å². The lowest BCUT2D eigenvalue weighted by atomic mass is 9.97. The summed E-state index contributed by atoms with van der Waals surface area (Å²) in [6.45, 7) is 0.776. The highest BCUT2D eigenvalue weighted by Gasteiger charge is 2.19. The van der Waals surface area contributed by atoms with Gasteiger partial charge in [0.05, 0.1) is 6.61 Å². The molecule has 0 amide bonds. The molecule has 1 fully saturated rings. The third-order valence-corrected chi connectivity index (χ3v) is 2.47. The summed E-state index contributed by atoms with van der Waals surface area (Å²) in [5, 5.41) is 12.0. The molecule has 1 aromatic rings. The maximum atomic E-state index is 13.2. The van der Waals surface area contributed by atoms with Crippen molar-refractivity contribution in [3.63, 3.8) is 0 Å². The summed E-state index contributed by atoms with van der Waals surface area (Å²) in [7, 11) is 0. The Bertz CT molecular complexity index is 310. The van der Waals surface area contributed by atoms with Gasteiger partial charge in [-0.2, -0.15) is 0 Å². The first kappa shape index (κ1) is 8.66. The van der Waals surface area contributed by atoms with Crippen LogP contribution in [0.15, 0.2) is 18.2 Å². The van der Waals surface area contributed by atoms with E-state index in [9.17, 15) is 4.39 Å². The molecule has 0 saturated carbocycles. The van der Waals surface area contributed by atoms with Crippen LogP contribution in [0.1, 0.15) is 23.6 Å². The zero-order valence-corrected chi connectivity index (χ0v) is 7.26. The molecule has 70 valence electrons. The average Bonchev–Trinajstić information content (AvgIpc) is 2.01. The molecule has 1 saturated heterocycles. The fraction of sp³-hybridized carbons (Fsp3) is 0.400. The topological polar surface area (TPSA) is 32.3 Å². The summed E-state index contributed by atoms with van der Waals surface area (Å²) >= 11 is 0. The molecule has 3 heteroatoms. The van der Waals surface area contributed by atoms with Crippen LogP contribution in [-0.4, -0.2) is 11.7 Å². The Morgan fingerprint density at radius 2 is 2.31 bits per heavy atom. The maximum absolute atomic E-state index is 13.2. The highest BCUT2D eigenvalue weighted by atomic mass is 19.1. The molecule has 2 nitrogen and oxygen atoms in total. The van der Waals surface area contributed by atoms with Gasteiger partial charge in [-0.1, -0.05) is 12.1 Å². The predicted molar refractivity (Wildman–Crippen MR) is 47.7 cm³/mol. The lowest BCUT2D eigenvalue weighted by Crippen LogP contribution is -2.34. The van der Waals surface area contributed by atoms with Gasteiger partial charge < -0.3 is 10.4 Å². The Morgan fingerprint density at radius 3 is 2.77 bits per heavy atom. The van der Waals surface area contributed by atoms with Crippen LogP contribution in [-0.2, 0) is 6.61 Å². The van der Waals surface area contributed by atoms with E-state index in [1.54, 1.807) is 6.07 Å². The van der Waals surface area contributed by atoms with Crippen LogP contribution in [0, 0.1) is 5.82 Å². The van der Waals surface area contributed by atoms with E-state index in [0.29, 0.717) is 11.6 Å². The van der Waals surface area contributed by atoms with Gasteiger partial charge in [0.1, 0.15) is 5.82 Å². The highest BCUT2D eigenvalue weighted by Crippen LogP contribution is 2.24. The first-order valence-electron chi connectivity index (χ1n) is 4.44. The maximum Gasteiger partial charge on any atom is 0.129 e. The second kappa shape index (κ2) is 3.44. The largest absolute Gasteiger partial charge is 0.392 e. The Labute approximate surface area is 76.4 Å². The Morgan fingerprint density at radius 1 is 1.54 bits per heavy atom. The molecule has 0 spiro atoms. The number of halogens is 1. The van der Waals surface area contributed by atoms with Crippen LogP contribution in [0.5, 0.6) is 0 Å². The van der Waals surface area contributed by atoms with Gasteiger partial charge in [0.15, 0.2) is 0 Å². The SMILES string of the molecule is OCc1ccc([C@H]2CCN2)cc1F. The normalized spacial score (nSPS) is 21.2. The van der Waals surface area contributed by atoms with E-state index in [1.807, 2.05) is 6.07 Å². The zero-order valence-electron chi connectivity index (χ0n) is 7.26. The molecule has 1 aromatic carbocycles. The van der Waals surface area contributed by atoms with Gasteiger partial charge in [0.25, 0.3) is 0 Å². The fourth-order valence-electron chi connectivity index (χ4n) is 1.48. The minimum atomic E-state index is -0.311. The summed E-state index contributed by atoms with van der Waals surface area (Å²) in [6, 6.07) is 5.32. The van der Waals surface area contributed by atoms with Crippen molar-refractivity contribution in [1.29, 1.82) is 0 Å². The van der Waals surface area contributed by atoms with Crippen LogP contribution in [0.25, 0.3) is 0 Å². The van der Waals surface area contributed by atoms with E-state index >= 15 is 0 Å². The highest BCUT2D eigenvalue weighted by molar-refractivity contribution is 5.27. The molecule has 1 aliphatic heterocycles. The van der Waals surface area contributed by atoms with E-state index in [0.717, 1.165) is 18.5 Å². The number of nitrogens with one attached hydrogen (secondary N) is 1. The molecule has 1 heterocycles. The van der Waals surface area contributed by atoms with Crippen LogP contribution in [0.4, 0.5) is 4.39 Å². The summed E-state index contributed by atoms with van der Waals surface area (Å²) in [5.74, 6) is -0.311. The Hall–Kier alpha value is -0.930. The second-order valence-corrected chi connectivity index (χ2v) is 3.30. The number of aliphatic hydroxyl groups is 1. The Balaban J connectivity index is 2.24. The van der Waals surface area contributed by atoms with E-state index < -0.39 is 0 Å². The first-order chi connectivity index (χ1) is 6.31. The van der Waals surface area contributed by atoms with Gasteiger partial charge in [0.2, 0.25) is 0 Å². The van der Waals surface area contributed by atoms with Crippen molar-refractivity contribution in [2.45, 2.75) is 19.1 Å². The van der Waals surface area contributed by atoms with Crippen molar-refractivity contribution in [3.05, 3.63) is 35.1 Å². The van der Waals surface area contributed by atoms with E-state index in [1.165, 1.54) is 6.07 Å². The van der Waals surface area contributed by atoms with E-state index in [4.69, 9.17) is 5.11 Å². The van der Waals surface area contributed by atoms with Crippen molar-refractivity contribution >= 4 is 0 Å². The summed E-state index contributed by atoms with van der Waals surface area (Å²) in [5.41, 5.74) is 1.34. The quantitative estimate of drug-likeness (QED) is 0.721. The van der Waals surface area contributed by atoms with Gasteiger partial charge in [-0.25, -0.2) is 4.39 Å². The summed E-state index contributed by atoms with van der Waals surface area (Å²) in [6.07, 6.45) is 1.07. The van der Waals surface area contributed by atoms with Crippen molar-refractivity contribution in [3.8, 4) is 0 Å². The molecule has 2 rings (SSSR count). The summed E-state index contributed by atoms with van der Waals surface area (Å²) < 4.78 is 13.2. The van der Waals surface area contributed by atoms with Crippen LogP contribution >= 0.6 is 0 Å². The molecule has 1 atom stereocenters. The Kier molecular flexibility index (Phi) is 2.29. The minimum Gasteiger partial charge on any atom is -0.392 e.